The number of rotatable bonds is 1. The molecule has 0 atom stereocenters. The minimum Gasteiger partial charge on any atom is -0.399 e. The summed E-state index contributed by atoms with van der Waals surface area (Å²) in [5.41, 5.74) is 19.0. The molecular formula is C12H9Cl4N3. The number of hydrogen-bond acceptors (Lipinski definition) is 3. The van der Waals surface area contributed by atoms with Gasteiger partial charge in [0.1, 0.15) is 0 Å². The Morgan fingerprint density at radius 2 is 1.32 bits per heavy atom. The van der Waals surface area contributed by atoms with Crippen LogP contribution in [0.1, 0.15) is 0 Å². The van der Waals surface area contributed by atoms with Crippen molar-refractivity contribution in [1.82, 2.24) is 0 Å². The van der Waals surface area contributed by atoms with Crippen LogP contribution in [-0.4, -0.2) is 0 Å². The van der Waals surface area contributed by atoms with E-state index in [4.69, 9.17) is 63.6 Å². The minimum absolute atomic E-state index is 0.145. The van der Waals surface area contributed by atoms with E-state index in [-0.39, 0.29) is 26.4 Å². The molecule has 2 rings (SSSR count). The summed E-state index contributed by atoms with van der Waals surface area (Å²) in [6.45, 7) is 0. The summed E-state index contributed by atoms with van der Waals surface area (Å²) in [5.74, 6) is 0. The summed E-state index contributed by atoms with van der Waals surface area (Å²) < 4.78 is 0. The monoisotopic (exact) mass is 335 g/mol. The molecule has 0 heterocycles. The van der Waals surface area contributed by atoms with Gasteiger partial charge in [-0.3, -0.25) is 0 Å². The molecule has 0 saturated heterocycles. The summed E-state index contributed by atoms with van der Waals surface area (Å²) in [4.78, 5) is 0. The molecule has 0 aliphatic carbocycles. The summed E-state index contributed by atoms with van der Waals surface area (Å²) in [5, 5.41) is 0.944. The van der Waals surface area contributed by atoms with E-state index in [0.29, 0.717) is 21.8 Å². The second-order valence-corrected chi connectivity index (χ2v) is 5.42. The molecule has 0 spiro atoms. The smallest absolute Gasteiger partial charge is 0.0850 e. The lowest BCUT2D eigenvalue weighted by molar-refractivity contribution is 1.60. The van der Waals surface area contributed by atoms with Crippen LogP contribution in [0.5, 0.6) is 0 Å². The van der Waals surface area contributed by atoms with Crippen molar-refractivity contribution in [2.75, 3.05) is 17.2 Å². The Bertz CT molecular complexity index is 642. The highest BCUT2D eigenvalue weighted by molar-refractivity contribution is 6.49. The second kappa shape index (κ2) is 5.17. The Labute approximate surface area is 130 Å². The van der Waals surface area contributed by atoms with Crippen molar-refractivity contribution in [3.63, 3.8) is 0 Å². The number of nitrogen functional groups attached to an aromatic ring is 3. The molecule has 7 heteroatoms. The van der Waals surface area contributed by atoms with Gasteiger partial charge in [-0.25, -0.2) is 0 Å². The average molecular weight is 337 g/mol. The number of hydrogen-bond donors (Lipinski definition) is 3. The van der Waals surface area contributed by atoms with Crippen molar-refractivity contribution in [3.05, 3.63) is 38.3 Å². The van der Waals surface area contributed by atoms with Gasteiger partial charge in [0.25, 0.3) is 0 Å². The van der Waals surface area contributed by atoms with Crippen LogP contribution >= 0.6 is 46.4 Å². The largest absolute Gasteiger partial charge is 0.399 e. The molecule has 2 aromatic carbocycles. The quantitative estimate of drug-likeness (QED) is 0.521. The molecule has 0 bridgehead atoms. The second-order valence-electron chi connectivity index (χ2n) is 3.88. The van der Waals surface area contributed by atoms with Crippen LogP contribution in [0.25, 0.3) is 11.1 Å². The first-order chi connectivity index (χ1) is 8.84. The van der Waals surface area contributed by atoms with Crippen molar-refractivity contribution in [2.24, 2.45) is 0 Å². The zero-order valence-electron chi connectivity index (χ0n) is 9.48. The van der Waals surface area contributed by atoms with Gasteiger partial charge in [-0.05, 0) is 12.1 Å². The van der Waals surface area contributed by atoms with E-state index in [0.717, 1.165) is 0 Å². The van der Waals surface area contributed by atoms with Crippen molar-refractivity contribution >= 4 is 63.5 Å². The lowest BCUT2D eigenvalue weighted by atomic mass is 10.0. The topological polar surface area (TPSA) is 78.1 Å². The zero-order chi connectivity index (χ0) is 14.3. The molecule has 0 fully saturated rings. The van der Waals surface area contributed by atoms with Crippen LogP contribution in [0.3, 0.4) is 0 Å². The van der Waals surface area contributed by atoms with E-state index in [1.54, 1.807) is 18.2 Å². The standard InChI is InChI=1S/C12H9Cl4N3/c13-6-3-4(17)1-2-5(6)7-8(14)10(16)12(19)11(18)9(7)15/h1-3H,17-19H2. The normalized spacial score (nSPS) is 10.7. The van der Waals surface area contributed by atoms with Gasteiger partial charge >= 0.3 is 0 Å². The van der Waals surface area contributed by atoms with Crippen LogP contribution in [0.15, 0.2) is 18.2 Å². The SMILES string of the molecule is Nc1ccc(-c2c(Cl)c(N)c(N)c(Cl)c2Cl)c(Cl)c1. The number of benzene rings is 2. The Balaban J connectivity index is 2.83. The molecule has 0 aliphatic heterocycles. The van der Waals surface area contributed by atoms with Gasteiger partial charge in [-0.1, -0.05) is 52.5 Å². The molecule has 2 aromatic rings. The van der Waals surface area contributed by atoms with E-state index in [1.165, 1.54) is 0 Å². The van der Waals surface area contributed by atoms with Crippen LogP contribution in [0.2, 0.25) is 20.1 Å². The third kappa shape index (κ3) is 2.39. The lowest BCUT2D eigenvalue weighted by Crippen LogP contribution is -1.99. The molecular weight excluding hydrogens is 328 g/mol. The number of halogens is 4. The van der Waals surface area contributed by atoms with Crippen LogP contribution in [-0.2, 0) is 0 Å². The summed E-state index contributed by atoms with van der Waals surface area (Å²) in [6.07, 6.45) is 0. The average Bonchev–Trinajstić information content (AvgIpc) is 2.37. The van der Waals surface area contributed by atoms with Gasteiger partial charge < -0.3 is 17.2 Å². The first kappa shape index (κ1) is 14.4. The van der Waals surface area contributed by atoms with Gasteiger partial charge in [0.2, 0.25) is 0 Å². The molecule has 3 nitrogen and oxygen atoms in total. The van der Waals surface area contributed by atoms with Crippen molar-refractivity contribution < 1.29 is 0 Å². The van der Waals surface area contributed by atoms with E-state index in [2.05, 4.69) is 0 Å². The van der Waals surface area contributed by atoms with Crippen molar-refractivity contribution in [1.29, 1.82) is 0 Å². The maximum atomic E-state index is 6.18. The van der Waals surface area contributed by atoms with Crippen LogP contribution < -0.4 is 17.2 Å². The predicted molar refractivity (Wildman–Crippen MR) is 85.2 cm³/mol. The van der Waals surface area contributed by atoms with Gasteiger partial charge in [0, 0.05) is 16.8 Å². The Hall–Kier alpha value is -1.00. The van der Waals surface area contributed by atoms with E-state index >= 15 is 0 Å². The molecule has 19 heavy (non-hydrogen) atoms. The van der Waals surface area contributed by atoms with E-state index in [1.807, 2.05) is 0 Å². The maximum Gasteiger partial charge on any atom is 0.0850 e. The van der Waals surface area contributed by atoms with Gasteiger partial charge in [-0.2, -0.15) is 0 Å². The fourth-order valence-corrected chi connectivity index (χ4v) is 2.79. The zero-order valence-corrected chi connectivity index (χ0v) is 12.5. The molecule has 0 aromatic heterocycles. The third-order valence-corrected chi connectivity index (χ3v) is 4.23. The molecule has 100 valence electrons. The molecule has 0 radical (unpaired) electrons. The first-order valence-corrected chi connectivity index (χ1v) is 6.62. The Morgan fingerprint density at radius 1 is 0.737 bits per heavy atom. The fourth-order valence-electron chi connectivity index (χ4n) is 1.67. The minimum atomic E-state index is 0.145. The Kier molecular flexibility index (Phi) is 3.92. The van der Waals surface area contributed by atoms with Crippen LogP contribution in [0.4, 0.5) is 17.1 Å². The predicted octanol–water partition coefficient (Wildman–Crippen LogP) is 4.71. The van der Waals surface area contributed by atoms with E-state index in [9.17, 15) is 0 Å². The highest BCUT2D eigenvalue weighted by Crippen LogP contribution is 2.48. The Morgan fingerprint density at radius 3 is 1.89 bits per heavy atom. The summed E-state index contributed by atoms with van der Waals surface area (Å²) in [6, 6.07) is 4.95. The van der Waals surface area contributed by atoms with Crippen molar-refractivity contribution in [2.45, 2.75) is 0 Å². The number of anilines is 3. The first-order valence-electron chi connectivity index (χ1n) is 5.11. The lowest BCUT2D eigenvalue weighted by Gasteiger charge is -2.15. The third-order valence-electron chi connectivity index (χ3n) is 2.66. The fraction of sp³-hybridized carbons (Fsp3) is 0. The molecule has 0 amide bonds. The molecule has 0 unspecified atom stereocenters. The summed E-state index contributed by atoms with van der Waals surface area (Å²) in [7, 11) is 0. The molecule has 6 N–H and O–H groups in total. The maximum absolute atomic E-state index is 6.18. The molecule has 0 aliphatic rings. The van der Waals surface area contributed by atoms with E-state index < -0.39 is 0 Å². The van der Waals surface area contributed by atoms with Gasteiger partial charge in [-0.15, -0.1) is 0 Å². The molecule has 0 saturated carbocycles. The highest BCUT2D eigenvalue weighted by Gasteiger charge is 2.20. The highest BCUT2D eigenvalue weighted by atomic mass is 35.5. The van der Waals surface area contributed by atoms with Crippen LogP contribution in [0, 0.1) is 0 Å². The summed E-state index contributed by atoms with van der Waals surface area (Å²) >= 11 is 24.5. The van der Waals surface area contributed by atoms with Crippen molar-refractivity contribution in [3.8, 4) is 11.1 Å². The van der Waals surface area contributed by atoms with Gasteiger partial charge in [0.05, 0.1) is 31.5 Å². The number of nitrogens with two attached hydrogens (primary N) is 3. The van der Waals surface area contributed by atoms with Gasteiger partial charge in [0.15, 0.2) is 0 Å².